The smallest absolute Gasteiger partial charge is 0.256 e. The van der Waals surface area contributed by atoms with Gasteiger partial charge in [-0.2, -0.15) is 0 Å². The highest BCUT2D eigenvalue weighted by Crippen LogP contribution is 2.23. The maximum atomic E-state index is 13.7. The SMILES string of the molecule is NC(=O)CC1CCN(C(=O)c2cc(S)ccc2F)CC1. The van der Waals surface area contributed by atoms with Gasteiger partial charge < -0.3 is 10.6 Å². The summed E-state index contributed by atoms with van der Waals surface area (Å²) in [5, 5.41) is 0. The molecule has 0 unspecified atom stereocenters. The maximum Gasteiger partial charge on any atom is 0.256 e. The first-order chi connectivity index (χ1) is 9.47. The third-order valence-electron chi connectivity index (χ3n) is 3.57. The van der Waals surface area contributed by atoms with Crippen LogP contribution >= 0.6 is 12.6 Å². The zero-order valence-corrected chi connectivity index (χ0v) is 11.9. The molecule has 1 aromatic rings. The number of piperidine rings is 1. The monoisotopic (exact) mass is 296 g/mol. The van der Waals surface area contributed by atoms with Crippen molar-refractivity contribution in [2.45, 2.75) is 24.2 Å². The van der Waals surface area contributed by atoms with Gasteiger partial charge in [0.15, 0.2) is 0 Å². The number of rotatable bonds is 3. The molecular formula is C14H17FN2O2S. The van der Waals surface area contributed by atoms with Crippen LogP contribution < -0.4 is 5.73 Å². The van der Waals surface area contributed by atoms with Gasteiger partial charge in [0.05, 0.1) is 5.56 Å². The van der Waals surface area contributed by atoms with E-state index >= 15 is 0 Å². The van der Waals surface area contributed by atoms with Crippen molar-refractivity contribution >= 4 is 24.4 Å². The molecular weight excluding hydrogens is 279 g/mol. The summed E-state index contributed by atoms with van der Waals surface area (Å²) < 4.78 is 13.7. The van der Waals surface area contributed by atoms with E-state index in [1.807, 2.05) is 0 Å². The average molecular weight is 296 g/mol. The van der Waals surface area contributed by atoms with Crippen molar-refractivity contribution in [3.05, 3.63) is 29.6 Å². The summed E-state index contributed by atoms with van der Waals surface area (Å²) in [5.41, 5.74) is 5.21. The molecule has 2 N–H and O–H groups in total. The van der Waals surface area contributed by atoms with Crippen molar-refractivity contribution in [1.29, 1.82) is 0 Å². The molecule has 0 atom stereocenters. The fourth-order valence-electron chi connectivity index (χ4n) is 2.47. The molecule has 1 aliphatic heterocycles. The summed E-state index contributed by atoms with van der Waals surface area (Å²) >= 11 is 4.12. The van der Waals surface area contributed by atoms with E-state index in [4.69, 9.17) is 5.73 Å². The van der Waals surface area contributed by atoms with Gasteiger partial charge in [0.1, 0.15) is 5.82 Å². The van der Waals surface area contributed by atoms with Gasteiger partial charge in [0.25, 0.3) is 5.91 Å². The summed E-state index contributed by atoms with van der Waals surface area (Å²) in [4.78, 5) is 25.3. The Labute approximate surface area is 122 Å². The molecule has 20 heavy (non-hydrogen) atoms. The molecule has 1 aromatic carbocycles. The second-order valence-corrected chi connectivity index (χ2v) is 5.59. The number of carbonyl (C=O) groups excluding carboxylic acids is 2. The molecule has 1 saturated heterocycles. The Morgan fingerprint density at radius 1 is 1.35 bits per heavy atom. The van der Waals surface area contributed by atoms with Crippen LogP contribution in [-0.2, 0) is 4.79 Å². The molecule has 6 heteroatoms. The predicted molar refractivity (Wildman–Crippen MR) is 76.1 cm³/mol. The Morgan fingerprint density at radius 3 is 2.60 bits per heavy atom. The number of likely N-dealkylation sites (tertiary alicyclic amines) is 1. The lowest BCUT2D eigenvalue weighted by Crippen LogP contribution is -2.39. The predicted octanol–water partition coefficient (Wildman–Crippen LogP) is 1.84. The number of carbonyl (C=O) groups is 2. The Hall–Kier alpha value is -1.56. The summed E-state index contributed by atoms with van der Waals surface area (Å²) in [6.45, 7) is 1.04. The first-order valence-electron chi connectivity index (χ1n) is 6.53. The zero-order chi connectivity index (χ0) is 14.7. The van der Waals surface area contributed by atoms with Crippen LogP contribution in [0.5, 0.6) is 0 Å². The molecule has 1 aliphatic rings. The minimum atomic E-state index is -0.535. The van der Waals surface area contributed by atoms with E-state index in [1.54, 1.807) is 4.90 Å². The van der Waals surface area contributed by atoms with Gasteiger partial charge in [0.2, 0.25) is 5.91 Å². The number of benzene rings is 1. The molecule has 2 amide bonds. The lowest BCUT2D eigenvalue weighted by molar-refractivity contribution is -0.119. The van der Waals surface area contributed by atoms with E-state index in [2.05, 4.69) is 12.6 Å². The van der Waals surface area contributed by atoms with E-state index in [0.29, 0.717) is 24.4 Å². The first-order valence-corrected chi connectivity index (χ1v) is 6.98. The van der Waals surface area contributed by atoms with Crippen molar-refractivity contribution in [3.8, 4) is 0 Å². The van der Waals surface area contributed by atoms with Crippen molar-refractivity contribution in [1.82, 2.24) is 4.90 Å². The minimum Gasteiger partial charge on any atom is -0.370 e. The largest absolute Gasteiger partial charge is 0.370 e. The molecule has 0 aromatic heterocycles. The van der Waals surface area contributed by atoms with E-state index in [0.717, 1.165) is 12.8 Å². The quantitative estimate of drug-likeness (QED) is 0.836. The van der Waals surface area contributed by atoms with Crippen molar-refractivity contribution in [2.24, 2.45) is 11.7 Å². The number of halogens is 1. The van der Waals surface area contributed by atoms with Gasteiger partial charge in [-0.3, -0.25) is 9.59 Å². The minimum absolute atomic E-state index is 0.0471. The average Bonchev–Trinajstić information content (AvgIpc) is 2.41. The Morgan fingerprint density at radius 2 is 2.00 bits per heavy atom. The maximum absolute atomic E-state index is 13.7. The number of nitrogens with zero attached hydrogens (tertiary/aromatic N) is 1. The Kier molecular flexibility index (Phi) is 4.65. The second-order valence-electron chi connectivity index (χ2n) is 5.07. The molecule has 1 heterocycles. The van der Waals surface area contributed by atoms with Crippen LogP contribution in [0.25, 0.3) is 0 Å². The summed E-state index contributed by atoms with van der Waals surface area (Å²) in [6.07, 6.45) is 1.79. The van der Waals surface area contributed by atoms with E-state index < -0.39 is 5.82 Å². The third kappa shape index (κ3) is 3.50. The van der Waals surface area contributed by atoms with Crippen LogP contribution in [0.4, 0.5) is 4.39 Å². The van der Waals surface area contributed by atoms with Crippen molar-refractivity contribution < 1.29 is 14.0 Å². The number of hydrogen-bond acceptors (Lipinski definition) is 3. The molecule has 4 nitrogen and oxygen atoms in total. The van der Waals surface area contributed by atoms with Crippen LogP contribution in [0.3, 0.4) is 0 Å². The molecule has 0 spiro atoms. The fourth-order valence-corrected chi connectivity index (χ4v) is 2.68. The molecule has 0 saturated carbocycles. The van der Waals surface area contributed by atoms with Gasteiger partial charge in [-0.15, -0.1) is 12.6 Å². The van der Waals surface area contributed by atoms with E-state index in [-0.39, 0.29) is 23.3 Å². The number of primary amides is 1. The van der Waals surface area contributed by atoms with Crippen molar-refractivity contribution in [2.75, 3.05) is 13.1 Å². The normalized spacial score (nSPS) is 16.2. The summed E-state index contributed by atoms with van der Waals surface area (Å²) in [5.74, 6) is -0.954. The molecule has 108 valence electrons. The lowest BCUT2D eigenvalue weighted by atomic mass is 9.93. The first kappa shape index (κ1) is 14.8. The number of thiol groups is 1. The van der Waals surface area contributed by atoms with Crippen LogP contribution in [-0.4, -0.2) is 29.8 Å². The number of hydrogen-bond donors (Lipinski definition) is 2. The molecule has 0 bridgehead atoms. The van der Waals surface area contributed by atoms with E-state index in [1.165, 1.54) is 18.2 Å². The highest BCUT2D eigenvalue weighted by molar-refractivity contribution is 7.80. The Bertz CT molecular complexity index is 528. The zero-order valence-electron chi connectivity index (χ0n) is 11.0. The fraction of sp³-hybridized carbons (Fsp3) is 0.429. The highest BCUT2D eigenvalue weighted by atomic mass is 32.1. The van der Waals surface area contributed by atoms with E-state index in [9.17, 15) is 14.0 Å². The van der Waals surface area contributed by atoms with Crippen LogP contribution in [0.2, 0.25) is 0 Å². The van der Waals surface area contributed by atoms with Gasteiger partial charge >= 0.3 is 0 Å². The number of nitrogens with two attached hydrogens (primary N) is 1. The summed E-state index contributed by atoms with van der Waals surface area (Å²) in [6, 6.07) is 4.19. The van der Waals surface area contributed by atoms with Gasteiger partial charge in [-0.1, -0.05) is 0 Å². The van der Waals surface area contributed by atoms with Crippen LogP contribution in [0.1, 0.15) is 29.6 Å². The van der Waals surface area contributed by atoms with Gasteiger partial charge in [0, 0.05) is 24.4 Å². The molecule has 0 aliphatic carbocycles. The van der Waals surface area contributed by atoms with Gasteiger partial charge in [-0.05, 0) is 37.0 Å². The van der Waals surface area contributed by atoms with Crippen LogP contribution in [0.15, 0.2) is 23.1 Å². The highest BCUT2D eigenvalue weighted by Gasteiger charge is 2.26. The molecule has 0 radical (unpaired) electrons. The lowest BCUT2D eigenvalue weighted by Gasteiger charge is -2.31. The molecule has 2 rings (SSSR count). The third-order valence-corrected chi connectivity index (χ3v) is 3.85. The van der Waals surface area contributed by atoms with Crippen LogP contribution in [0, 0.1) is 11.7 Å². The Balaban J connectivity index is 2.01. The molecule has 1 fully saturated rings. The van der Waals surface area contributed by atoms with Crippen molar-refractivity contribution in [3.63, 3.8) is 0 Å². The van der Waals surface area contributed by atoms with Gasteiger partial charge in [-0.25, -0.2) is 4.39 Å². The standard InChI is InChI=1S/C14H17FN2O2S/c15-12-2-1-10(20)8-11(12)14(19)17-5-3-9(4-6-17)7-13(16)18/h1-2,8-9,20H,3-7H2,(H2,16,18). The summed E-state index contributed by atoms with van der Waals surface area (Å²) in [7, 11) is 0. The second kappa shape index (κ2) is 6.26. The number of amides is 2. The topological polar surface area (TPSA) is 63.4 Å².